The fraction of sp³-hybridized carbons (Fsp3) is 0.556. The Morgan fingerprint density at radius 3 is 2.44 bits per heavy atom. The summed E-state index contributed by atoms with van der Waals surface area (Å²) in [6, 6.07) is 1.59. The molecular weight excluding hydrogens is 232 g/mol. The van der Waals surface area contributed by atoms with Gasteiger partial charge < -0.3 is 9.47 Å². The summed E-state index contributed by atoms with van der Waals surface area (Å²) in [6.45, 7) is 3.76. The first-order chi connectivity index (χ1) is 7.65. The fourth-order valence-corrected chi connectivity index (χ4v) is 1.15. The van der Waals surface area contributed by atoms with Gasteiger partial charge in [-0.15, -0.1) is 0 Å². The van der Waals surface area contributed by atoms with Gasteiger partial charge in [0.2, 0.25) is 5.71 Å². The van der Waals surface area contributed by atoms with Gasteiger partial charge >= 0.3 is 11.9 Å². The maximum atomic E-state index is 11.1. The zero-order valence-corrected chi connectivity index (χ0v) is 9.87. The van der Waals surface area contributed by atoms with Crippen LogP contribution in [0, 0.1) is 11.3 Å². The number of ether oxygens (including phenoxy) is 2. The Labute approximate surface area is 97.8 Å². The van der Waals surface area contributed by atoms with E-state index in [2.05, 4.69) is 13.9 Å². The molecule has 0 aliphatic rings. The Balaban J connectivity index is 4.14. The molecular formula is C9H12N2O4S. The Hall–Kier alpha value is -1.55. The Morgan fingerprint density at radius 1 is 1.31 bits per heavy atom. The van der Waals surface area contributed by atoms with E-state index in [4.69, 9.17) is 5.26 Å². The van der Waals surface area contributed by atoms with Crippen molar-refractivity contribution in [3.63, 3.8) is 0 Å². The summed E-state index contributed by atoms with van der Waals surface area (Å²) in [6.07, 6.45) is 0. The summed E-state index contributed by atoms with van der Waals surface area (Å²) in [5, 5.41) is 8.58. The van der Waals surface area contributed by atoms with Crippen LogP contribution >= 0.6 is 11.9 Å². The van der Waals surface area contributed by atoms with Gasteiger partial charge in [-0.3, -0.25) is 4.79 Å². The van der Waals surface area contributed by atoms with Crippen LogP contribution in [-0.4, -0.2) is 36.6 Å². The first kappa shape index (κ1) is 14.5. The number of nitriles is 1. The largest absolute Gasteiger partial charge is 0.465 e. The average molecular weight is 244 g/mol. The van der Waals surface area contributed by atoms with Gasteiger partial charge in [-0.2, -0.15) is 9.66 Å². The van der Waals surface area contributed by atoms with E-state index in [1.54, 1.807) is 19.9 Å². The van der Waals surface area contributed by atoms with Crippen molar-refractivity contribution in [1.29, 1.82) is 5.26 Å². The quantitative estimate of drug-likeness (QED) is 0.388. The van der Waals surface area contributed by atoms with Crippen molar-refractivity contribution >= 4 is 29.6 Å². The molecule has 0 aliphatic heterocycles. The number of hydrogen-bond acceptors (Lipinski definition) is 7. The van der Waals surface area contributed by atoms with Crippen molar-refractivity contribution in [1.82, 2.24) is 0 Å². The van der Waals surface area contributed by atoms with Crippen LogP contribution in [0.5, 0.6) is 0 Å². The van der Waals surface area contributed by atoms with E-state index in [-0.39, 0.29) is 24.7 Å². The van der Waals surface area contributed by atoms with Crippen LogP contribution < -0.4 is 0 Å². The van der Waals surface area contributed by atoms with E-state index in [0.29, 0.717) is 0 Å². The second kappa shape index (κ2) is 8.73. The number of esters is 2. The van der Waals surface area contributed by atoms with Crippen molar-refractivity contribution in [2.45, 2.75) is 13.8 Å². The number of hydrogen-bond donors (Lipinski definition) is 0. The van der Waals surface area contributed by atoms with E-state index < -0.39 is 11.9 Å². The summed E-state index contributed by atoms with van der Waals surface area (Å²) in [4.78, 5) is 22.0. The highest BCUT2D eigenvalue weighted by atomic mass is 32.2. The minimum Gasteiger partial charge on any atom is -0.465 e. The molecule has 0 aromatic heterocycles. The summed E-state index contributed by atoms with van der Waals surface area (Å²) in [5.41, 5.74) is -0.365. The molecule has 0 aromatic rings. The number of nitrogens with zero attached hydrogens (tertiary/aromatic N) is 2. The number of rotatable bonds is 6. The highest BCUT2D eigenvalue weighted by Gasteiger charge is 2.12. The van der Waals surface area contributed by atoms with Crippen LogP contribution in [0.2, 0.25) is 0 Å². The molecule has 0 amide bonds. The highest BCUT2D eigenvalue weighted by Crippen LogP contribution is 2.04. The van der Waals surface area contributed by atoms with E-state index in [1.807, 2.05) is 0 Å². The van der Waals surface area contributed by atoms with Gasteiger partial charge in [0.05, 0.1) is 13.2 Å². The predicted molar refractivity (Wildman–Crippen MR) is 58.8 cm³/mol. The topological polar surface area (TPSA) is 88.8 Å². The van der Waals surface area contributed by atoms with Gasteiger partial charge in [0.1, 0.15) is 11.8 Å². The molecule has 0 N–H and O–H groups in total. The lowest BCUT2D eigenvalue weighted by Gasteiger charge is -1.99. The van der Waals surface area contributed by atoms with Gasteiger partial charge in [0.25, 0.3) is 0 Å². The zero-order chi connectivity index (χ0) is 12.4. The molecule has 0 aromatic carbocycles. The lowest BCUT2D eigenvalue weighted by atomic mass is 10.4. The van der Waals surface area contributed by atoms with Gasteiger partial charge in [-0.05, 0) is 25.8 Å². The smallest absolute Gasteiger partial charge is 0.368 e. The molecule has 0 aliphatic carbocycles. The van der Waals surface area contributed by atoms with Crippen molar-refractivity contribution in [3.05, 3.63) is 0 Å². The Kier molecular flexibility index (Phi) is 7.89. The van der Waals surface area contributed by atoms with Crippen LogP contribution in [-0.2, 0) is 19.1 Å². The monoisotopic (exact) mass is 244 g/mol. The lowest BCUT2D eigenvalue weighted by molar-refractivity contribution is -0.140. The number of carbonyl (C=O) groups is 2. The summed E-state index contributed by atoms with van der Waals surface area (Å²) >= 11 is 0.778. The molecule has 0 bridgehead atoms. The van der Waals surface area contributed by atoms with Crippen molar-refractivity contribution in [2.75, 3.05) is 19.0 Å². The predicted octanol–water partition coefficient (Wildman–Crippen LogP) is 0.725. The minimum atomic E-state index is -0.790. The standard InChI is InChI=1S/C9H12N2O4S/c1-3-14-8(12)6-16-11-7(5-10)9(13)15-4-2/h3-4,6H2,1-2H3/b11-7+. The molecule has 0 radical (unpaired) electrons. The van der Waals surface area contributed by atoms with Crippen molar-refractivity contribution in [3.8, 4) is 6.07 Å². The molecule has 0 unspecified atom stereocenters. The van der Waals surface area contributed by atoms with E-state index >= 15 is 0 Å². The summed E-state index contributed by atoms with van der Waals surface area (Å²) in [5.74, 6) is -1.28. The average Bonchev–Trinajstić information content (AvgIpc) is 2.25. The number of carbonyl (C=O) groups excluding carboxylic acids is 2. The molecule has 0 spiro atoms. The van der Waals surface area contributed by atoms with Crippen LogP contribution in [0.1, 0.15) is 13.8 Å². The van der Waals surface area contributed by atoms with Crippen LogP contribution in [0.15, 0.2) is 4.40 Å². The van der Waals surface area contributed by atoms with E-state index in [1.165, 1.54) is 0 Å². The third kappa shape index (κ3) is 6.03. The fourth-order valence-electron chi connectivity index (χ4n) is 0.655. The van der Waals surface area contributed by atoms with Crippen LogP contribution in [0.4, 0.5) is 0 Å². The molecule has 0 fully saturated rings. The summed E-state index contributed by atoms with van der Waals surface area (Å²) < 4.78 is 12.8. The molecule has 7 heteroatoms. The zero-order valence-electron chi connectivity index (χ0n) is 9.06. The molecule has 88 valence electrons. The van der Waals surface area contributed by atoms with E-state index in [9.17, 15) is 9.59 Å². The Bertz CT molecular complexity index is 322. The molecule has 0 atom stereocenters. The van der Waals surface area contributed by atoms with Crippen molar-refractivity contribution < 1.29 is 19.1 Å². The van der Waals surface area contributed by atoms with Gasteiger partial charge in [-0.1, -0.05) is 0 Å². The second-order valence-corrected chi connectivity index (χ2v) is 3.08. The molecule has 0 saturated heterocycles. The first-order valence-electron chi connectivity index (χ1n) is 4.58. The first-order valence-corrected chi connectivity index (χ1v) is 5.52. The van der Waals surface area contributed by atoms with Gasteiger partial charge in [-0.25, -0.2) is 4.79 Å². The van der Waals surface area contributed by atoms with Gasteiger partial charge in [0, 0.05) is 0 Å². The molecule has 6 nitrogen and oxygen atoms in total. The molecule has 0 saturated carbocycles. The minimum absolute atomic E-state index is 0.0432. The van der Waals surface area contributed by atoms with Crippen LogP contribution in [0.25, 0.3) is 0 Å². The maximum Gasteiger partial charge on any atom is 0.368 e. The lowest BCUT2D eigenvalue weighted by Crippen LogP contribution is -2.15. The summed E-state index contributed by atoms with van der Waals surface area (Å²) in [7, 11) is 0. The maximum absolute atomic E-state index is 11.1. The third-order valence-electron chi connectivity index (χ3n) is 1.22. The molecule has 0 heterocycles. The Morgan fingerprint density at radius 2 is 1.94 bits per heavy atom. The molecule has 0 rings (SSSR count). The highest BCUT2D eigenvalue weighted by molar-refractivity contribution is 7.98. The van der Waals surface area contributed by atoms with Crippen LogP contribution in [0.3, 0.4) is 0 Å². The van der Waals surface area contributed by atoms with Crippen molar-refractivity contribution in [2.24, 2.45) is 4.40 Å². The second-order valence-electron chi connectivity index (χ2n) is 2.35. The van der Waals surface area contributed by atoms with E-state index in [0.717, 1.165) is 11.9 Å². The third-order valence-corrected chi connectivity index (χ3v) is 1.89. The molecule has 16 heavy (non-hydrogen) atoms. The van der Waals surface area contributed by atoms with Gasteiger partial charge in [0.15, 0.2) is 0 Å². The normalized spacial score (nSPS) is 10.4. The SMILES string of the molecule is CCOC(=O)CS/N=C(\C#N)C(=O)OCC.